The lowest BCUT2D eigenvalue weighted by atomic mass is 9.86. The summed E-state index contributed by atoms with van der Waals surface area (Å²) in [6.07, 6.45) is 2.57. The van der Waals surface area contributed by atoms with Gasteiger partial charge in [-0.1, -0.05) is 49.7 Å². The molecule has 0 amide bonds. The highest BCUT2D eigenvalue weighted by atomic mass is 35.5. The van der Waals surface area contributed by atoms with Crippen LogP contribution >= 0.6 is 11.6 Å². The Morgan fingerprint density at radius 1 is 1.38 bits per heavy atom. The summed E-state index contributed by atoms with van der Waals surface area (Å²) in [5.74, 6) is 0. The maximum absolute atomic E-state index is 11.9. The SMILES string of the molecule is Cn1ncc(NC2CC(C)(C)c3ccccc32)c(Cl)c1=O. The van der Waals surface area contributed by atoms with E-state index in [1.54, 1.807) is 13.2 Å². The number of aromatic nitrogens is 2. The van der Waals surface area contributed by atoms with E-state index in [4.69, 9.17) is 11.6 Å². The molecule has 3 rings (SSSR count). The van der Waals surface area contributed by atoms with E-state index in [-0.39, 0.29) is 22.0 Å². The van der Waals surface area contributed by atoms with Gasteiger partial charge in [0.2, 0.25) is 0 Å². The van der Waals surface area contributed by atoms with Crippen LogP contribution in [-0.4, -0.2) is 9.78 Å². The van der Waals surface area contributed by atoms with Crippen molar-refractivity contribution in [3.05, 3.63) is 57.0 Å². The van der Waals surface area contributed by atoms with E-state index in [1.807, 2.05) is 6.07 Å². The van der Waals surface area contributed by atoms with Crippen molar-refractivity contribution in [3.63, 3.8) is 0 Å². The largest absolute Gasteiger partial charge is 0.376 e. The normalized spacial score (nSPS) is 19.3. The molecule has 0 bridgehead atoms. The van der Waals surface area contributed by atoms with Crippen LogP contribution in [0.2, 0.25) is 5.02 Å². The number of rotatable bonds is 2. The van der Waals surface area contributed by atoms with Gasteiger partial charge < -0.3 is 5.32 Å². The summed E-state index contributed by atoms with van der Waals surface area (Å²) in [4.78, 5) is 11.9. The molecule has 4 nitrogen and oxygen atoms in total. The molecule has 0 saturated carbocycles. The van der Waals surface area contributed by atoms with Crippen LogP contribution in [0.3, 0.4) is 0 Å². The summed E-state index contributed by atoms with van der Waals surface area (Å²) in [6.45, 7) is 4.47. The van der Waals surface area contributed by atoms with E-state index in [2.05, 4.69) is 42.5 Å². The lowest BCUT2D eigenvalue weighted by Crippen LogP contribution is -2.22. The van der Waals surface area contributed by atoms with Crippen LogP contribution in [0.15, 0.2) is 35.3 Å². The zero-order valence-electron chi connectivity index (χ0n) is 12.4. The van der Waals surface area contributed by atoms with Gasteiger partial charge >= 0.3 is 0 Å². The maximum Gasteiger partial charge on any atom is 0.287 e. The number of halogens is 1. The zero-order chi connectivity index (χ0) is 15.2. The zero-order valence-corrected chi connectivity index (χ0v) is 13.1. The highest BCUT2D eigenvalue weighted by Gasteiger charge is 2.36. The standard InChI is InChI=1S/C16H18ClN3O/c1-16(2)8-12(10-6-4-5-7-11(10)16)19-13-9-18-20(3)15(21)14(13)17/h4-7,9,12,19H,8H2,1-3H3. The molecule has 1 aromatic carbocycles. The fourth-order valence-electron chi connectivity index (χ4n) is 3.08. The van der Waals surface area contributed by atoms with Gasteiger partial charge in [0.15, 0.2) is 0 Å². The molecule has 0 fully saturated rings. The Kier molecular flexibility index (Phi) is 3.29. The van der Waals surface area contributed by atoms with Gasteiger partial charge in [-0.2, -0.15) is 5.10 Å². The average molecular weight is 304 g/mol. The van der Waals surface area contributed by atoms with Crippen molar-refractivity contribution in [2.24, 2.45) is 7.05 Å². The third-order valence-corrected chi connectivity index (χ3v) is 4.55. The first-order valence-electron chi connectivity index (χ1n) is 6.98. The van der Waals surface area contributed by atoms with E-state index in [9.17, 15) is 4.79 Å². The van der Waals surface area contributed by atoms with Crippen molar-refractivity contribution in [1.29, 1.82) is 0 Å². The molecular weight excluding hydrogens is 286 g/mol. The molecule has 1 N–H and O–H groups in total. The van der Waals surface area contributed by atoms with Crippen LogP contribution in [0.5, 0.6) is 0 Å². The van der Waals surface area contributed by atoms with Crippen LogP contribution in [-0.2, 0) is 12.5 Å². The van der Waals surface area contributed by atoms with Gasteiger partial charge in [-0.05, 0) is 23.0 Å². The van der Waals surface area contributed by atoms with E-state index in [0.717, 1.165) is 6.42 Å². The Balaban J connectivity index is 1.98. The second kappa shape index (κ2) is 4.88. The monoisotopic (exact) mass is 303 g/mol. The molecule has 0 aliphatic heterocycles. The molecule has 1 heterocycles. The second-order valence-corrected chi connectivity index (χ2v) is 6.55. The summed E-state index contributed by atoms with van der Waals surface area (Å²) >= 11 is 6.14. The van der Waals surface area contributed by atoms with Gasteiger partial charge in [-0.15, -0.1) is 0 Å². The first kappa shape index (κ1) is 14.1. The topological polar surface area (TPSA) is 46.9 Å². The fraction of sp³-hybridized carbons (Fsp3) is 0.375. The van der Waals surface area contributed by atoms with Crippen molar-refractivity contribution in [1.82, 2.24) is 9.78 Å². The molecule has 0 spiro atoms. The van der Waals surface area contributed by atoms with Crippen LogP contribution in [0.4, 0.5) is 5.69 Å². The molecule has 1 aliphatic carbocycles. The second-order valence-electron chi connectivity index (χ2n) is 6.17. The molecule has 2 aromatic rings. The molecule has 0 radical (unpaired) electrons. The number of nitrogens with one attached hydrogen (secondary N) is 1. The molecule has 1 aliphatic rings. The average Bonchev–Trinajstić information content (AvgIpc) is 2.72. The first-order chi connectivity index (χ1) is 9.90. The minimum Gasteiger partial charge on any atom is -0.376 e. The number of anilines is 1. The minimum atomic E-state index is -0.285. The molecule has 21 heavy (non-hydrogen) atoms. The third kappa shape index (κ3) is 2.33. The fourth-order valence-corrected chi connectivity index (χ4v) is 3.30. The predicted molar refractivity (Wildman–Crippen MR) is 84.9 cm³/mol. The Labute approximate surface area is 128 Å². The summed E-state index contributed by atoms with van der Waals surface area (Å²) in [5, 5.41) is 7.60. The first-order valence-corrected chi connectivity index (χ1v) is 7.36. The lowest BCUT2D eigenvalue weighted by Gasteiger charge is -2.20. The van der Waals surface area contributed by atoms with Gasteiger partial charge in [-0.25, -0.2) is 4.68 Å². The summed E-state index contributed by atoms with van der Waals surface area (Å²) < 4.78 is 1.24. The van der Waals surface area contributed by atoms with Crippen molar-refractivity contribution in [2.75, 3.05) is 5.32 Å². The Bertz CT molecular complexity index is 751. The summed E-state index contributed by atoms with van der Waals surface area (Å²) in [7, 11) is 1.59. The van der Waals surface area contributed by atoms with Crippen LogP contribution < -0.4 is 10.9 Å². The third-order valence-electron chi connectivity index (χ3n) is 4.19. The molecule has 1 unspecified atom stereocenters. The molecule has 5 heteroatoms. The van der Waals surface area contributed by atoms with Crippen molar-refractivity contribution >= 4 is 17.3 Å². The van der Waals surface area contributed by atoms with Gasteiger partial charge in [-0.3, -0.25) is 4.79 Å². The van der Waals surface area contributed by atoms with Crippen molar-refractivity contribution in [2.45, 2.75) is 31.7 Å². The van der Waals surface area contributed by atoms with Crippen LogP contribution in [0, 0.1) is 0 Å². The molecule has 110 valence electrons. The van der Waals surface area contributed by atoms with Crippen LogP contribution in [0.25, 0.3) is 0 Å². The van der Waals surface area contributed by atoms with E-state index < -0.39 is 0 Å². The number of hydrogen-bond donors (Lipinski definition) is 1. The number of nitrogens with zero attached hydrogens (tertiary/aromatic N) is 2. The Morgan fingerprint density at radius 2 is 2.10 bits per heavy atom. The quantitative estimate of drug-likeness (QED) is 0.926. The smallest absolute Gasteiger partial charge is 0.287 e. The molecule has 0 saturated heterocycles. The van der Waals surface area contributed by atoms with Crippen molar-refractivity contribution in [3.8, 4) is 0 Å². The summed E-state index contributed by atoms with van der Waals surface area (Å²) in [5.41, 5.74) is 3.02. The van der Waals surface area contributed by atoms with E-state index in [1.165, 1.54) is 15.8 Å². The molecule has 1 atom stereocenters. The lowest BCUT2D eigenvalue weighted by molar-refractivity contribution is 0.493. The predicted octanol–water partition coefficient (Wildman–Crippen LogP) is 3.27. The number of aryl methyl sites for hydroxylation is 1. The minimum absolute atomic E-state index is 0.105. The number of hydrogen-bond acceptors (Lipinski definition) is 3. The highest BCUT2D eigenvalue weighted by molar-refractivity contribution is 6.32. The highest BCUT2D eigenvalue weighted by Crippen LogP contribution is 2.45. The van der Waals surface area contributed by atoms with Crippen molar-refractivity contribution < 1.29 is 0 Å². The van der Waals surface area contributed by atoms with Gasteiger partial charge in [0, 0.05) is 7.05 Å². The Morgan fingerprint density at radius 3 is 2.86 bits per heavy atom. The van der Waals surface area contributed by atoms with E-state index in [0.29, 0.717) is 5.69 Å². The van der Waals surface area contributed by atoms with Crippen LogP contribution in [0.1, 0.15) is 37.4 Å². The molecular formula is C16H18ClN3O. The number of fused-ring (bicyclic) bond motifs is 1. The summed E-state index contributed by atoms with van der Waals surface area (Å²) in [6, 6.07) is 8.54. The maximum atomic E-state index is 11.9. The van der Waals surface area contributed by atoms with Gasteiger partial charge in [0.1, 0.15) is 5.02 Å². The van der Waals surface area contributed by atoms with Gasteiger partial charge in [0.05, 0.1) is 17.9 Å². The Hall–Kier alpha value is -1.81. The molecule has 1 aromatic heterocycles. The number of benzene rings is 1. The van der Waals surface area contributed by atoms with E-state index >= 15 is 0 Å². The van der Waals surface area contributed by atoms with Gasteiger partial charge in [0.25, 0.3) is 5.56 Å².